The van der Waals surface area contributed by atoms with Crippen LogP contribution in [0, 0.1) is 13.8 Å². The zero-order valence-electron chi connectivity index (χ0n) is 13.7. The van der Waals surface area contributed by atoms with Crippen molar-refractivity contribution >= 4 is 0 Å². The van der Waals surface area contributed by atoms with Gasteiger partial charge in [-0.05, 0) is 50.4 Å². The minimum atomic E-state index is 0.377. The summed E-state index contributed by atoms with van der Waals surface area (Å²) in [6.45, 7) is 6.57. The van der Waals surface area contributed by atoms with Crippen molar-refractivity contribution in [1.82, 2.24) is 5.32 Å². The van der Waals surface area contributed by atoms with Gasteiger partial charge in [-0.1, -0.05) is 66.9 Å². The van der Waals surface area contributed by atoms with Crippen molar-refractivity contribution in [3.8, 4) is 0 Å². The highest BCUT2D eigenvalue weighted by molar-refractivity contribution is 5.31. The molecule has 0 aliphatic heterocycles. The van der Waals surface area contributed by atoms with Crippen LogP contribution in [0.25, 0.3) is 0 Å². The lowest BCUT2D eigenvalue weighted by molar-refractivity contribution is 0.591. The van der Waals surface area contributed by atoms with E-state index in [-0.39, 0.29) is 0 Å². The van der Waals surface area contributed by atoms with Gasteiger partial charge in [0.1, 0.15) is 0 Å². The van der Waals surface area contributed by atoms with Gasteiger partial charge in [0.2, 0.25) is 0 Å². The van der Waals surface area contributed by atoms with E-state index in [0.29, 0.717) is 6.04 Å². The van der Waals surface area contributed by atoms with Crippen LogP contribution in [-0.2, 0) is 12.8 Å². The van der Waals surface area contributed by atoms with E-state index < -0.39 is 0 Å². The van der Waals surface area contributed by atoms with Crippen LogP contribution in [0.15, 0.2) is 42.5 Å². The van der Waals surface area contributed by atoms with Crippen molar-refractivity contribution in [2.24, 2.45) is 0 Å². The summed E-state index contributed by atoms with van der Waals surface area (Å²) in [6, 6.07) is 16.3. The Hall–Kier alpha value is -1.60. The summed E-state index contributed by atoms with van der Waals surface area (Å²) < 4.78 is 0. The van der Waals surface area contributed by atoms with E-state index in [1.54, 1.807) is 0 Å². The summed E-state index contributed by atoms with van der Waals surface area (Å²) >= 11 is 0. The zero-order valence-corrected chi connectivity index (χ0v) is 13.7. The average Bonchev–Trinajstić information content (AvgIpc) is 2.45. The Labute approximate surface area is 129 Å². The van der Waals surface area contributed by atoms with Gasteiger partial charge in [0, 0.05) is 6.04 Å². The molecule has 0 radical (unpaired) electrons. The molecule has 0 saturated heterocycles. The molecule has 0 spiro atoms. The molecule has 0 aliphatic carbocycles. The predicted molar refractivity (Wildman–Crippen MR) is 91.9 cm³/mol. The van der Waals surface area contributed by atoms with Gasteiger partial charge < -0.3 is 5.32 Å². The van der Waals surface area contributed by atoms with Gasteiger partial charge in [-0.2, -0.15) is 0 Å². The van der Waals surface area contributed by atoms with Gasteiger partial charge in [0.05, 0.1) is 0 Å². The fourth-order valence-electron chi connectivity index (χ4n) is 3.01. The van der Waals surface area contributed by atoms with Crippen molar-refractivity contribution < 1.29 is 0 Å². The molecule has 0 heterocycles. The molecular weight excluding hydrogens is 254 g/mol. The van der Waals surface area contributed by atoms with Crippen molar-refractivity contribution in [2.45, 2.75) is 46.1 Å². The first-order chi connectivity index (χ1) is 10.1. The van der Waals surface area contributed by atoms with Crippen molar-refractivity contribution in [1.29, 1.82) is 0 Å². The second kappa shape index (κ2) is 7.42. The number of hydrogen-bond donors (Lipinski definition) is 1. The van der Waals surface area contributed by atoms with Crippen LogP contribution in [0.1, 0.15) is 47.2 Å². The van der Waals surface area contributed by atoms with Gasteiger partial charge in [-0.25, -0.2) is 0 Å². The topological polar surface area (TPSA) is 12.0 Å². The Bertz CT molecular complexity index is 549. The van der Waals surface area contributed by atoms with E-state index in [4.69, 9.17) is 0 Å². The maximum absolute atomic E-state index is 3.46. The van der Waals surface area contributed by atoms with E-state index >= 15 is 0 Å². The Kier molecular flexibility index (Phi) is 5.58. The second-order valence-corrected chi connectivity index (χ2v) is 6.03. The first-order valence-electron chi connectivity index (χ1n) is 7.95. The lowest BCUT2D eigenvalue weighted by Crippen LogP contribution is -2.19. The van der Waals surface area contributed by atoms with Crippen molar-refractivity contribution in [3.05, 3.63) is 70.3 Å². The first-order valence-corrected chi connectivity index (χ1v) is 7.95. The van der Waals surface area contributed by atoms with Crippen LogP contribution in [-0.4, -0.2) is 7.05 Å². The summed E-state index contributed by atoms with van der Waals surface area (Å²) in [4.78, 5) is 0. The lowest BCUT2D eigenvalue weighted by atomic mass is 9.95. The lowest BCUT2D eigenvalue weighted by Gasteiger charge is -2.18. The summed E-state index contributed by atoms with van der Waals surface area (Å²) in [7, 11) is 2.05. The number of benzene rings is 2. The quantitative estimate of drug-likeness (QED) is 0.805. The SMILES string of the molecule is CCCc1ccc(C(Cc2cc(C)cc(C)c2)NC)cc1. The highest BCUT2D eigenvalue weighted by atomic mass is 14.9. The largest absolute Gasteiger partial charge is 0.313 e. The van der Waals surface area contributed by atoms with Gasteiger partial charge in [-0.15, -0.1) is 0 Å². The third kappa shape index (κ3) is 4.44. The van der Waals surface area contributed by atoms with Crippen LogP contribution in [0.2, 0.25) is 0 Å². The molecule has 0 amide bonds. The number of nitrogens with one attached hydrogen (secondary N) is 1. The number of hydrogen-bond acceptors (Lipinski definition) is 1. The molecule has 112 valence electrons. The predicted octanol–water partition coefficient (Wildman–Crippen LogP) is 4.76. The molecule has 0 fully saturated rings. The summed E-state index contributed by atoms with van der Waals surface area (Å²) in [5.41, 5.74) is 6.90. The van der Waals surface area contributed by atoms with Crippen LogP contribution < -0.4 is 5.32 Å². The minimum absolute atomic E-state index is 0.377. The normalized spacial score (nSPS) is 12.4. The van der Waals surface area contributed by atoms with E-state index in [2.05, 4.69) is 68.6 Å². The maximum atomic E-state index is 3.46. The number of aryl methyl sites for hydroxylation is 3. The van der Waals surface area contributed by atoms with Crippen LogP contribution in [0.3, 0.4) is 0 Å². The Morgan fingerprint density at radius 2 is 1.52 bits per heavy atom. The molecule has 0 aliphatic rings. The first kappa shape index (κ1) is 15.8. The Morgan fingerprint density at radius 3 is 2.05 bits per heavy atom. The summed E-state index contributed by atoms with van der Waals surface area (Å²) in [6.07, 6.45) is 3.41. The highest BCUT2D eigenvalue weighted by Crippen LogP contribution is 2.20. The molecule has 1 heteroatoms. The van der Waals surface area contributed by atoms with Gasteiger partial charge >= 0.3 is 0 Å². The van der Waals surface area contributed by atoms with E-state index in [1.807, 2.05) is 7.05 Å². The molecule has 2 aromatic carbocycles. The third-order valence-corrected chi connectivity index (χ3v) is 3.99. The van der Waals surface area contributed by atoms with Crippen LogP contribution in [0.5, 0.6) is 0 Å². The molecule has 0 bridgehead atoms. The second-order valence-electron chi connectivity index (χ2n) is 6.03. The molecule has 0 saturated carbocycles. The molecule has 1 unspecified atom stereocenters. The molecule has 1 nitrogen and oxygen atoms in total. The van der Waals surface area contributed by atoms with Gasteiger partial charge in [0.25, 0.3) is 0 Å². The number of rotatable bonds is 6. The van der Waals surface area contributed by atoms with Gasteiger partial charge in [0.15, 0.2) is 0 Å². The summed E-state index contributed by atoms with van der Waals surface area (Å²) in [5, 5.41) is 3.46. The smallest absolute Gasteiger partial charge is 0.0358 e. The van der Waals surface area contributed by atoms with E-state index in [9.17, 15) is 0 Å². The fourth-order valence-corrected chi connectivity index (χ4v) is 3.01. The van der Waals surface area contributed by atoms with Crippen LogP contribution in [0.4, 0.5) is 0 Å². The highest BCUT2D eigenvalue weighted by Gasteiger charge is 2.10. The van der Waals surface area contributed by atoms with Crippen LogP contribution >= 0.6 is 0 Å². The molecule has 2 aromatic rings. The summed E-state index contributed by atoms with van der Waals surface area (Å²) in [5.74, 6) is 0. The minimum Gasteiger partial charge on any atom is -0.313 e. The maximum Gasteiger partial charge on any atom is 0.0358 e. The molecule has 2 rings (SSSR count). The molecular formula is C20H27N. The monoisotopic (exact) mass is 281 g/mol. The molecule has 1 atom stereocenters. The fraction of sp³-hybridized carbons (Fsp3) is 0.400. The molecule has 21 heavy (non-hydrogen) atoms. The standard InChI is InChI=1S/C20H27N/c1-5-6-17-7-9-19(10-8-17)20(21-4)14-18-12-15(2)11-16(3)13-18/h7-13,20-21H,5-6,14H2,1-4H3. The number of likely N-dealkylation sites (N-methyl/N-ethyl adjacent to an activating group) is 1. The van der Waals surface area contributed by atoms with E-state index in [1.165, 1.54) is 40.7 Å². The van der Waals surface area contributed by atoms with E-state index in [0.717, 1.165) is 6.42 Å². The molecule has 0 aromatic heterocycles. The average molecular weight is 281 g/mol. The van der Waals surface area contributed by atoms with Gasteiger partial charge in [-0.3, -0.25) is 0 Å². The zero-order chi connectivity index (χ0) is 15.2. The third-order valence-electron chi connectivity index (χ3n) is 3.99. The Morgan fingerprint density at radius 1 is 0.905 bits per heavy atom. The Balaban J connectivity index is 2.15. The van der Waals surface area contributed by atoms with Crippen molar-refractivity contribution in [3.63, 3.8) is 0 Å². The molecule has 1 N–H and O–H groups in total. The van der Waals surface area contributed by atoms with Crippen molar-refractivity contribution in [2.75, 3.05) is 7.05 Å².